The van der Waals surface area contributed by atoms with Crippen molar-refractivity contribution in [3.63, 3.8) is 0 Å². The summed E-state index contributed by atoms with van der Waals surface area (Å²) in [5, 5.41) is 2.86. The van der Waals surface area contributed by atoms with Crippen LogP contribution in [-0.2, 0) is 14.3 Å². The highest BCUT2D eigenvalue weighted by Crippen LogP contribution is 2.43. The first-order valence-corrected chi connectivity index (χ1v) is 7.83. The van der Waals surface area contributed by atoms with Crippen molar-refractivity contribution in [2.24, 2.45) is 5.92 Å². The van der Waals surface area contributed by atoms with Crippen LogP contribution in [0.2, 0.25) is 0 Å². The lowest BCUT2D eigenvalue weighted by atomic mass is 9.91. The van der Waals surface area contributed by atoms with E-state index in [4.69, 9.17) is 4.74 Å². The van der Waals surface area contributed by atoms with Gasteiger partial charge in [-0.25, -0.2) is 4.39 Å². The molecule has 0 aromatic rings. The molecular weight excluding hydrogens is 275 g/mol. The van der Waals surface area contributed by atoms with Gasteiger partial charge in [0.15, 0.2) is 5.67 Å². The summed E-state index contributed by atoms with van der Waals surface area (Å²) in [6.45, 7) is 4.82. The fraction of sp³-hybridized carbons (Fsp3) is 0.867. The number of nitrogens with one attached hydrogen (secondary N) is 1. The molecule has 1 N–H and O–H groups in total. The van der Waals surface area contributed by atoms with E-state index in [0.717, 1.165) is 6.42 Å². The zero-order valence-electron chi connectivity index (χ0n) is 12.6. The zero-order chi connectivity index (χ0) is 15.2. The Hall–Kier alpha value is -1.17. The lowest BCUT2D eigenvalue weighted by Gasteiger charge is -2.34. The first kappa shape index (κ1) is 14.8. The number of nitrogens with zero attached hydrogens (tertiary/aromatic N) is 1. The van der Waals surface area contributed by atoms with E-state index in [-0.39, 0.29) is 24.0 Å². The molecule has 3 aliphatic rings. The summed E-state index contributed by atoms with van der Waals surface area (Å²) in [4.78, 5) is 25.6. The number of amides is 2. The quantitative estimate of drug-likeness (QED) is 0.846. The minimum Gasteiger partial charge on any atom is -0.363 e. The monoisotopic (exact) mass is 298 g/mol. The van der Waals surface area contributed by atoms with E-state index in [1.807, 2.05) is 13.8 Å². The highest BCUT2D eigenvalue weighted by Gasteiger charge is 2.54. The van der Waals surface area contributed by atoms with Crippen molar-refractivity contribution in [1.29, 1.82) is 0 Å². The molecule has 6 heteroatoms. The average molecular weight is 298 g/mol. The average Bonchev–Trinajstić information content (AvgIpc) is 3.03. The molecule has 1 aliphatic carbocycles. The topological polar surface area (TPSA) is 58.6 Å². The van der Waals surface area contributed by atoms with Crippen molar-refractivity contribution in [2.75, 3.05) is 13.1 Å². The minimum atomic E-state index is -1.61. The van der Waals surface area contributed by atoms with Gasteiger partial charge in [0.25, 0.3) is 5.91 Å². The van der Waals surface area contributed by atoms with Gasteiger partial charge in [0.1, 0.15) is 6.10 Å². The first-order valence-electron chi connectivity index (χ1n) is 7.83. The molecule has 0 aromatic heterocycles. The summed E-state index contributed by atoms with van der Waals surface area (Å²) in [5.41, 5.74) is -1.61. The molecule has 2 amide bonds. The Labute approximate surface area is 124 Å². The molecule has 2 heterocycles. The van der Waals surface area contributed by atoms with Crippen LogP contribution in [0.1, 0.15) is 39.5 Å². The van der Waals surface area contributed by atoms with E-state index in [0.29, 0.717) is 38.3 Å². The van der Waals surface area contributed by atoms with E-state index in [9.17, 15) is 14.0 Å². The Balaban J connectivity index is 1.57. The van der Waals surface area contributed by atoms with Gasteiger partial charge in [-0.3, -0.25) is 9.59 Å². The van der Waals surface area contributed by atoms with Gasteiger partial charge < -0.3 is 15.0 Å². The summed E-state index contributed by atoms with van der Waals surface area (Å²) in [6, 6.07) is 0.0862. The van der Waals surface area contributed by atoms with Crippen molar-refractivity contribution >= 4 is 11.8 Å². The summed E-state index contributed by atoms with van der Waals surface area (Å²) < 4.78 is 19.7. The van der Waals surface area contributed by atoms with Gasteiger partial charge in [-0.2, -0.15) is 0 Å². The number of ether oxygens (including phenoxy) is 1. The number of likely N-dealkylation sites (tertiary alicyclic amines) is 1. The van der Waals surface area contributed by atoms with Crippen molar-refractivity contribution in [3.8, 4) is 0 Å². The van der Waals surface area contributed by atoms with Crippen LogP contribution in [-0.4, -0.2) is 53.7 Å². The van der Waals surface area contributed by atoms with Gasteiger partial charge in [-0.05, 0) is 45.4 Å². The van der Waals surface area contributed by atoms with Crippen LogP contribution in [0.25, 0.3) is 0 Å². The fourth-order valence-electron chi connectivity index (χ4n) is 3.27. The van der Waals surface area contributed by atoms with E-state index in [1.165, 1.54) is 0 Å². The normalized spacial score (nSPS) is 33.7. The number of fused-ring (bicyclic) bond motifs is 1. The molecule has 118 valence electrons. The second kappa shape index (κ2) is 5.23. The molecule has 1 saturated carbocycles. The SMILES string of the molecule is CC(C)NC(=O)C1C[C@@H]2CCN(C(=O)C3(F)CC3)C[C@@H]2O1. The van der Waals surface area contributed by atoms with E-state index in [2.05, 4.69) is 5.32 Å². The Morgan fingerprint density at radius 1 is 1.38 bits per heavy atom. The Kier molecular flexibility index (Phi) is 3.67. The van der Waals surface area contributed by atoms with Crippen LogP contribution in [0.5, 0.6) is 0 Å². The number of carbonyl (C=O) groups is 2. The van der Waals surface area contributed by atoms with Gasteiger partial charge in [0.2, 0.25) is 5.91 Å². The predicted octanol–water partition coefficient (Wildman–Crippen LogP) is 1.02. The Morgan fingerprint density at radius 2 is 2.10 bits per heavy atom. The molecule has 5 nitrogen and oxygen atoms in total. The lowest BCUT2D eigenvalue weighted by molar-refractivity contribution is -0.143. The van der Waals surface area contributed by atoms with Gasteiger partial charge >= 0.3 is 0 Å². The molecule has 2 aliphatic heterocycles. The number of alkyl halides is 1. The van der Waals surface area contributed by atoms with Gasteiger partial charge in [0.05, 0.1) is 6.10 Å². The smallest absolute Gasteiger partial charge is 0.260 e. The van der Waals surface area contributed by atoms with Gasteiger partial charge in [-0.15, -0.1) is 0 Å². The van der Waals surface area contributed by atoms with E-state index >= 15 is 0 Å². The maximum absolute atomic E-state index is 13.9. The Bertz CT molecular complexity index is 450. The summed E-state index contributed by atoms with van der Waals surface area (Å²) in [6.07, 6.45) is 1.61. The molecule has 21 heavy (non-hydrogen) atoms. The van der Waals surface area contributed by atoms with E-state index in [1.54, 1.807) is 4.90 Å². The lowest BCUT2D eigenvalue weighted by Crippen LogP contribution is -2.48. The highest BCUT2D eigenvalue weighted by atomic mass is 19.1. The van der Waals surface area contributed by atoms with Crippen molar-refractivity contribution in [2.45, 2.75) is 63.4 Å². The number of rotatable bonds is 3. The molecule has 3 fully saturated rings. The third-order valence-corrected chi connectivity index (χ3v) is 4.63. The van der Waals surface area contributed by atoms with Crippen molar-refractivity contribution < 1.29 is 18.7 Å². The predicted molar refractivity (Wildman–Crippen MR) is 74.3 cm³/mol. The maximum atomic E-state index is 13.9. The second-order valence-electron chi connectivity index (χ2n) is 6.83. The first-order chi connectivity index (χ1) is 9.89. The van der Waals surface area contributed by atoms with Crippen LogP contribution in [0.3, 0.4) is 0 Å². The molecular formula is C15H23FN2O3. The third kappa shape index (κ3) is 2.91. The molecule has 0 aromatic carbocycles. The van der Waals surface area contributed by atoms with Crippen molar-refractivity contribution in [3.05, 3.63) is 0 Å². The largest absolute Gasteiger partial charge is 0.363 e. The molecule has 2 saturated heterocycles. The minimum absolute atomic E-state index is 0.0820. The molecule has 1 unspecified atom stereocenters. The summed E-state index contributed by atoms with van der Waals surface area (Å²) in [5.74, 6) is -0.173. The maximum Gasteiger partial charge on any atom is 0.260 e. The van der Waals surface area contributed by atoms with Crippen LogP contribution in [0, 0.1) is 5.92 Å². The third-order valence-electron chi connectivity index (χ3n) is 4.63. The molecule has 3 atom stereocenters. The van der Waals surface area contributed by atoms with E-state index < -0.39 is 11.8 Å². The number of hydrogen-bond acceptors (Lipinski definition) is 3. The standard InChI is InChI=1S/C15H23FN2O3/c1-9(2)17-13(19)11-7-10-3-6-18(8-12(10)21-11)14(20)15(16)4-5-15/h9-12H,3-8H2,1-2H3,(H,17,19)/t10-,11?,12-/m0/s1. The summed E-state index contributed by atoms with van der Waals surface area (Å²) in [7, 11) is 0. The van der Waals surface area contributed by atoms with Crippen LogP contribution < -0.4 is 5.32 Å². The molecule has 0 bridgehead atoms. The van der Waals surface area contributed by atoms with Crippen LogP contribution in [0.15, 0.2) is 0 Å². The number of halogens is 1. The fourth-order valence-corrected chi connectivity index (χ4v) is 3.27. The number of hydrogen-bond donors (Lipinski definition) is 1. The van der Waals surface area contributed by atoms with Gasteiger partial charge in [-0.1, -0.05) is 0 Å². The van der Waals surface area contributed by atoms with Crippen LogP contribution in [0.4, 0.5) is 4.39 Å². The van der Waals surface area contributed by atoms with Crippen molar-refractivity contribution in [1.82, 2.24) is 10.2 Å². The summed E-state index contributed by atoms with van der Waals surface area (Å²) >= 11 is 0. The number of piperidine rings is 1. The van der Waals surface area contributed by atoms with Crippen LogP contribution >= 0.6 is 0 Å². The Morgan fingerprint density at radius 3 is 2.71 bits per heavy atom. The van der Waals surface area contributed by atoms with Gasteiger partial charge in [0, 0.05) is 19.1 Å². The zero-order valence-corrected chi connectivity index (χ0v) is 12.6. The highest BCUT2D eigenvalue weighted by molar-refractivity contribution is 5.88. The number of carbonyl (C=O) groups excluding carboxylic acids is 2. The second-order valence-corrected chi connectivity index (χ2v) is 6.83. The molecule has 0 spiro atoms. The molecule has 3 rings (SSSR count). The molecule has 0 radical (unpaired) electrons.